The van der Waals surface area contributed by atoms with Crippen LogP contribution in [-0.4, -0.2) is 22.7 Å². The molecule has 0 unspecified atom stereocenters. The van der Waals surface area contributed by atoms with Gasteiger partial charge in [0.15, 0.2) is 23.2 Å². The Morgan fingerprint density at radius 3 is 2.41 bits per heavy atom. The molecular weight excluding hydrogens is 428 g/mol. The van der Waals surface area contributed by atoms with E-state index < -0.39 is 35.6 Å². The number of benzene rings is 2. The van der Waals surface area contributed by atoms with Crippen LogP contribution < -0.4 is 9.47 Å². The number of aryl methyl sites for hydroxylation is 2. The summed E-state index contributed by atoms with van der Waals surface area (Å²) >= 11 is 0. The lowest BCUT2D eigenvalue weighted by Gasteiger charge is -2.13. The highest BCUT2D eigenvalue weighted by atomic mass is 19.2. The summed E-state index contributed by atoms with van der Waals surface area (Å²) in [6.07, 6.45) is 4.59. The van der Waals surface area contributed by atoms with Crippen LogP contribution in [-0.2, 0) is 13.2 Å². The van der Waals surface area contributed by atoms with E-state index in [1.807, 2.05) is 6.92 Å². The Balaban J connectivity index is 1.82. The average molecular weight is 448 g/mol. The van der Waals surface area contributed by atoms with E-state index in [-0.39, 0.29) is 11.8 Å². The first-order chi connectivity index (χ1) is 15.2. The molecule has 0 amide bonds. The van der Waals surface area contributed by atoms with Gasteiger partial charge >= 0.3 is 0 Å². The predicted octanol–water partition coefficient (Wildman–Crippen LogP) is 5.25. The Bertz CT molecular complexity index is 1160. The van der Waals surface area contributed by atoms with Gasteiger partial charge in [-0.3, -0.25) is 9.48 Å². The maximum Gasteiger partial charge on any atom is 0.203 e. The van der Waals surface area contributed by atoms with Gasteiger partial charge in [-0.05, 0) is 37.6 Å². The van der Waals surface area contributed by atoms with E-state index in [1.54, 1.807) is 42.1 Å². The molecule has 0 spiro atoms. The lowest BCUT2D eigenvalue weighted by atomic mass is 10.1. The van der Waals surface area contributed by atoms with E-state index in [4.69, 9.17) is 9.47 Å². The van der Waals surface area contributed by atoms with Crippen molar-refractivity contribution in [3.8, 4) is 11.5 Å². The van der Waals surface area contributed by atoms with Crippen molar-refractivity contribution in [2.45, 2.75) is 27.0 Å². The monoisotopic (exact) mass is 448 g/mol. The van der Waals surface area contributed by atoms with E-state index in [0.717, 1.165) is 0 Å². The molecule has 0 N–H and O–H groups in total. The molecule has 2 aromatic carbocycles. The number of hydrogen-bond acceptors (Lipinski definition) is 4. The number of ketones is 1. The molecule has 0 aliphatic rings. The Hall–Kier alpha value is -3.62. The van der Waals surface area contributed by atoms with Crippen LogP contribution >= 0.6 is 0 Å². The van der Waals surface area contributed by atoms with Crippen molar-refractivity contribution in [1.82, 2.24) is 9.78 Å². The zero-order chi connectivity index (χ0) is 23.4. The minimum Gasteiger partial charge on any atom is -0.496 e. The molecule has 9 heteroatoms. The van der Waals surface area contributed by atoms with E-state index in [1.165, 1.54) is 13.2 Å². The molecule has 3 aromatic rings. The number of halogens is 4. The second-order valence-electron chi connectivity index (χ2n) is 6.84. The Morgan fingerprint density at radius 1 is 1.12 bits per heavy atom. The first kappa shape index (κ1) is 23.1. The molecule has 168 valence electrons. The van der Waals surface area contributed by atoms with Crippen molar-refractivity contribution in [3.63, 3.8) is 0 Å². The molecule has 0 fully saturated rings. The predicted molar refractivity (Wildman–Crippen MR) is 110 cm³/mol. The van der Waals surface area contributed by atoms with Gasteiger partial charge in [-0.2, -0.15) is 13.9 Å². The van der Waals surface area contributed by atoms with Crippen LogP contribution in [0.1, 0.15) is 34.1 Å². The smallest absolute Gasteiger partial charge is 0.203 e. The van der Waals surface area contributed by atoms with Gasteiger partial charge in [0.25, 0.3) is 0 Å². The second kappa shape index (κ2) is 9.67. The van der Waals surface area contributed by atoms with E-state index in [0.29, 0.717) is 34.7 Å². The third kappa shape index (κ3) is 4.82. The molecule has 0 saturated carbocycles. The number of allylic oxidation sites excluding steroid dienone is 1. The largest absolute Gasteiger partial charge is 0.496 e. The molecule has 0 bridgehead atoms. The molecule has 0 aliphatic heterocycles. The fourth-order valence-electron chi connectivity index (χ4n) is 3.03. The number of nitrogens with zero attached hydrogens (tertiary/aromatic N) is 2. The number of carbonyl (C=O) groups excluding carboxylic acids is 1. The van der Waals surface area contributed by atoms with Crippen molar-refractivity contribution in [2.75, 3.05) is 7.11 Å². The maximum absolute atomic E-state index is 13.8. The first-order valence-electron chi connectivity index (χ1n) is 9.64. The van der Waals surface area contributed by atoms with Gasteiger partial charge in [-0.25, -0.2) is 8.78 Å². The van der Waals surface area contributed by atoms with Crippen LogP contribution in [0, 0.1) is 30.2 Å². The van der Waals surface area contributed by atoms with Crippen LogP contribution in [0.3, 0.4) is 0 Å². The van der Waals surface area contributed by atoms with Crippen LogP contribution in [0.4, 0.5) is 17.6 Å². The summed E-state index contributed by atoms with van der Waals surface area (Å²) in [5.74, 6) is -7.48. The normalized spacial score (nSPS) is 11.2. The highest BCUT2D eigenvalue weighted by Crippen LogP contribution is 2.29. The summed E-state index contributed by atoms with van der Waals surface area (Å²) in [5, 5.41) is 4.24. The van der Waals surface area contributed by atoms with Crippen molar-refractivity contribution in [3.05, 3.63) is 82.2 Å². The molecule has 0 saturated heterocycles. The zero-order valence-electron chi connectivity index (χ0n) is 17.6. The molecule has 3 rings (SSSR count). The fraction of sp³-hybridized carbons (Fsp3) is 0.217. The molecule has 0 aliphatic carbocycles. The Labute approximate surface area is 181 Å². The average Bonchev–Trinajstić information content (AvgIpc) is 3.17. The summed E-state index contributed by atoms with van der Waals surface area (Å²) in [6.45, 7) is 3.85. The SMILES string of the molecule is CCn1cc(C(=O)/C=C/c2ccc(OC)c(COc3c(F)c(F)cc(F)c3F)c2)c(C)n1. The van der Waals surface area contributed by atoms with Crippen LogP contribution in [0.5, 0.6) is 11.5 Å². The molecule has 0 radical (unpaired) electrons. The summed E-state index contributed by atoms with van der Waals surface area (Å²) in [7, 11) is 1.38. The molecule has 32 heavy (non-hydrogen) atoms. The summed E-state index contributed by atoms with van der Waals surface area (Å²) in [6, 6.07) is 4.91. The third-order valence-corrected chi connectivity index (χ3v) is 4.71. The lowest BCUT2D eigenvalue weighted by Crippen LogP contribution is -2.05. The number of aromatic nitrogens is 2. The minimum absolute atomic E-state index is 0.104. The topological polar surface area (TPSA) is 53.4 Å². The standard InChI is InChI=1S/C23H20F4N2O3/c1-4-29-11-16(13(2)28-29)19(30)7-5-14-6-8-20(31-3)15(9-14)12-32-23-21(26)17(24)10-18(25)22(23)27/h5-11H,4,12H2,1-3H3/b7-5+. The number of rotatable bonds is 8. The Kier molecular flexibility index (Phi) is 6.97. The van der Waals surface area contributed by atoms with Crippen molar-refractivity contribution < 1.29 is 31.8 Å². The number of methoxy groups -OCH3 is 1. The molecule has 1 heterocycles. The van der Waals surface area contributed by atoms with Crippen molar-refractivity contribution in [2.24, 2.45) is 0 Å². The van der Waals surface area contributed by atoms with E-state index in [2.05, 4.69) is 5.10 Å². The van der Waals surface area contributed by atoms with Gasteiger partial charge in [-0.15, -0.1) is 0 Å². The van der Waals surface area contributed by atoms with Crippen LogP contribution in [0.25, 0.3) is 6.08 Å². The summed E-state index contributed by atoms with van der Waals surface area (Å²) < 4.78 is 66.4. The summed E-state index contributed by atoms with van der Waals surface area (Å²) in [4.78, 5) is 12.5. The maximum atomic E-state index is 13.8. The van der Waals surface area contributed by atoms with E-state index >= 15 is 0 Å². The van der Waals surface area contributed by atoms with E-state index in [9.17, 15) is 22.4 Å². The van der Waals surface area contributed by atoms with Crippen molar-refractivity contribution in [1.29, 1.82) is 0 Å². The molecule has 5 nitrogen and oxygen atoms in total. The van der Waals surface area contributed by atoms with Crippen LogP contribution in [0.2, 0.25) is 0 Å². The minimum atomic E-state index is -1.63. The second-order valence-corrected chi connectivity index (χ2v) is 6.84. The lowest BCUT2D eigenvalue weighted by molar-refractivity contribution is 0.104. The first-order valence-corrected chi connectivity index (χ1v) is 9.64. The molecular formula is C23H20F4N2O3. The number of hydrogen-bond donors (Lipinski definition) is 0. The molecule has 1 aromatic heterocycles. The number of ether oxygens (including phenoxy) is 2. The van der Waals surface area contributed by atoms with Gasteiger partial charge in [-0.1, -0.05) is 12.1 Å². The van der Waals surface area contributed by atoms with Gasteiger partial charge in [0.2, 0.25) is 11.6 Å². The highest BCUT2D eigenvalue weighted by Gasteiger charge is 2.21. The quantitative estimate of drug-likeness (QED) is 0.204. The number of carbonyl (C=O) groups is 1. The van der Waals surface area contributed by atoms with Gasteiger partial charge in [0.05, 0.1) is 18.4 Å². The zero-order valence-corrected chi connectivity index (χ0v) is 17.6. The Morgan fingerprint density at radius 2 is 1.81 bits per heavy atom. The third-order valence-electron chi connectivity index (χ3n) is 4.71. The molecule has 0 atom stereocenters. The fourth-order valence-corrected chi connectivity index (χ4v) is 3.03. The summed E-state index contributed by atoms with van der Waals surface area (Å²) in [5.41, 5.74) is 2.00. The van der Waals surface area contributed by atoms with Crippen molar-refractivity contribution >= 4 is 11.9 Å². The van der Waals surface area contributed by atoms with Crippen LogP contribution in [0.15, 0.2) is 36.5 Å². The highest BCUT2D eigenvalue weighted by molar-refractivity contribution is 6.07. The van der Waals surface area contributed by atoms with Gasteiger partial charge in [0, 0.05) is 24.4 Å². The van der Waals surface area contributed by atoms with Gasteiger partial charge < -0.3 is 9.47 Å². The van der Waals surface area contributed by atoms with Gasteiger partial charge in [0.1, 0.15) is 12.4 Å².